The van der Waals surface area contributed by atoms with Gasteiger partial charge in [-0.3, -0.25) is 9.59 Å². The van der Waals surface area contributed by atoms with Crippen LogP contribution in [0.25, 0.3) is 0 Å². The molecule has 1 aliphatic heterocycles. The SMILES string of the molecule is CCC(NN1CCNC(c2ccccc2O)C1)C(=O)CCCC(=O)O. The van der Waals surface area contributed by atoms with E-state index in [4.69, 9.17) is 5.11 Å². The molecule has 1 fully saturated rings. The van der Waals surface area contributed by atoms with E-state index in [-0.39, 0.29) is 36.5 Å². The Kier molecular flexibility index (Phi) is 7.36. The molecule has 0 aliphatic carbocycles. The fraction of sp³-hybridized carbons (Fsp3) is 0.556. The highest BCUT2D eigenvalue weighted by Gasteiger charge is 2.26. The van der Waals surface area contributed by atoms with Crippen molar-refractivity contribution in [3.05, 3.63) is 29.8 Å². The largest absolute Gasteiger partial charge is 0.508 e. The molecular weight excluding hydrogens is 322 g/mol. The number of carboxylic acid groups (broad SMARTS) is 1. The zero-order valence-corrected chi connectivity index (χ0v) is 14.6. The minimum atomic E-state index is -0.874. The van der Waals surface area contributed by atoms with Gasteiger partial charge >= 0.3 is 5.97 Å². The number of ketones is 1. The molecule has 0 aromatic heterocycles. The van der Waals surface area contributed by atoms with E-state index in [1.165, 1.54) is 0 Å². The minimum absolute atomic E-state index is 0.0120. The summed E-state index contributed by atoms with van der Waals surface area (Å²) in [5, 5.41) is 24.1. The van der Waals surface area contributed by atoms with Crippen LogP contribution >= 0.6 is 0 Å². The number of phenolic OH excluding ortho intramolecular Hbond substituents is 1. The van der Waals surface area contributed by atoms with Crippen LogP contribution in [-0.4, -0.2) is 52.7 Å². The van der Waals surface area contributed by atoms with E-state index in [9.17, 15) is 14.7 Å². The van der Waals surface area contributed by atoms with Gasteiger partial charge in [0, 0.05) is 38.0 Å². The first-order chi connectivity index (χ1) is 12.0. The van der Waals surface area contributed by atoms with E-state index in [0.717, 1.165) is 18.7 Å². The Bertz CT molecular complexity index is 593. The van der Waals surface area contributed by atoms with Crippen LogP contribution < -0.4 is 10.7 Å². The summed E-state index contributed by atoms with van der Waals surface area (Å²) in [6.07, 6.45) is 1.31. The maximum Gasteiger partial charge on any atom is 0.303 e. The van der Waals surface area contributed by atoms with Crippen molar-refractivity contribution in [2.45, 2.75) is 44.7 Å². The molecule has 0 radical (unpaired) electrons. The first-order valence-electron chi connectivity index (χ1n) is 8.78. The summed E-state index contributed by atoms with van der Waals surface area (Å²) in [5.41, 5.74) is 4.12. The van der Waals surface area contributed by atoms with Gasteiger partial charge in [0.1, 0.15) is 5.75 Å². The third kappa shape index (κ3) is 5.81. The lowest BCUT2D eigenvalue weighted by Crippen LogP contribution is -2.56. The van der Waals surface area contributed by atoms with Crippen LogP contribution in [0.2, 0.25) is 0 Å². The van der Waals surface area contributed by atoms with Crippen LogP contribution in [0, 0.1) is 0 Å². The molecule has 1 aromatic carbocycles. The number of nitrogens with one attached hydrogen (secondary N) is 2. The number of hydrogen-bond acceptors (Lipinski definition) is 6. The van der Waals surface area contributed by atoms with E-state index in [1.54, 1.807) is 12.1 Å². The molecule has 1 heterocycles. The first-order valence-corrected chi connectivity index (χ1v) is 8.78. The number of para-hydroxylation sites is 1. The second kappa shape index (κ2) is 9.50. The highest BCUT2D eigenvalue weighted by molar-refractivity contribution is 5.84. The number of piperazine rings is 1. The second-order valence-corrected chi connectivity index (χ2v) is 6.32. The summed E-state index contributed by atoms with van der Waals surface area (Å²) in [6.45, 7) is 4.07. The van der Waals surface area contributed by atoms with Crippen LogP contribution in [0.4, 0.5) is 0 Å². The van der Waals surface area contributed by atoms with Crippen molar-refractivity contribution in [3.8, 4) is 5.75 Å². The number of aromatic hydroxyl groups is 1. The van der Waals surface area contributed by atoms with Gasteiger partial charge in [0.25, 0.3) is 0 Å². The third-order valence-electron chi connectivity index (χ3n) is 4.44. The van der Waals surface area contributed by atoms with E-state index in [2.05, 4.69) is 10.7 Å². The zero-order valence-electron chi connectivity index (χ0n) is 14.6. The van der Waals surface area contributed by atoms with Crippen LogP contribution in [0.5, 0.6) is 5.75 Å². The van der Waals surface area contributed by atoms with Gasteiger partial charge in [-0.2, -0.15) is 0 Å². The number of phenols is 1. The normalized spacial score (nSPS) is 19.5. The first kappa shape index (κ1) is 19.4. The summed E-state index contributed by atoms with van der Waals surface area (Å²) in [6, 6.07) is 6.93. The van der Waals surface area contributed by atoms with Gasteiger partial charge in [-0.25, -0.2) is 10.4 Å². The summed E-state index contributed by atoms with van der Waals surface area (Å²) in [7, 11) is 0. The average Bonchev–Trinajstić information content (AvgIpc) is 2.60. The van der Waals surface area contributed by atoms with Gasteiger partial charge in [0.05, 0.1) is 12.1 Å². The number of hydrazine groups is 1. The molecule has 0 amide bonds. The number of carboxylic acids is 1. The molecule has 1 aliphatic rings. The fourth-order valence-electron chi connectivity index (χ4n) is 3.06. The number of Topliss-reactive ketones (excluding diaryl/α,β-unsaturated/α-hetero) is 1. The number of carbonyl (C=O) groups is 2. The van der Waals surface area contributed by atoms with Crippen molar-refractivity contribution in [2.75, 3.05) is 19.6 Å². The smallest absolute Gasteiger partial charge is 0.303 e. The Labute approximate surface area is 148 Å². The van der Waals surface area contributed by atoms with Crippen molar-refractivity contribution in [1.29, 1.82) is 0 Å². The number of benzene rings is 1. The predicted octanol–water partition coefficient (Wildman–Crippen LogP) is 1.45. The molecule has 2 atom stereocenters. The Hall–Kier alpha value is -1.96. The van der Waals surface area contributed by atoms with Gasteiger partial charge in [0.2, 0.25) is 0 Å². The zero-order chi connectivity index (χ0) is 18.2. The third-order valence-corrected chi connectivity index (χ3v) is 4.44. The Balaban J connectivity index is 1.90. The van der Waals surface area contributed by atoms with Crippen LogP contribution in [0.3, 0.4) is 0 Å². The summed E-state index contributed by atoms with van der Waals surface area (Å²) in [4.78, 5) is 22.9. The highest BCUT2D eigenvalue weighted by atomic mass is 16.4. The van der Waals surface area contributed by atoms with Gasteiger partial charge < -0.3 is 15.5 Å². The lowest BCUT2D eigenvalue weighted by atomic mass is 10.0. The van der Waals surface area contributed by atoms with Gasteiger partial charge in [-0.05, 0) is 18.9 Å². The van der Waals surface area contributed by atoms with Crippen molar-refractivity contribution in [3.63, 3.8) is 0 Å². The maximum atomic E-state index is 12.3. The molecule has 0 spiro atoms. The topological polar surface area (TPSA) is 102 Å². The number of hydrogen-bond donors (Lipinski definition) is 4. The molecule has 1 saturated heterocycles. The minimum Gasteiger partial charge on any atom is -0.508 e. The van der Waals surface area contributed by atoms with Crippen molar-refractivity contribution < 1.29 is 19.8 Å². The molecule has 2 rings (SSSR count). The number of carbonyl (C=O) groups excluding carboxylic acids is 1. The van der Waals surface area contributed by atoms with Crippen molar-refractivity contribution >= 4 is 11.8 Å². The van der Waals surface area contributed by atoms with Crippen LogP contribution in [-0.2, 0) is 9.59 Å². The standard InChI is InChI=1S/C18H27N3O4/c1-2-14(17(23)8-5-9-18(24)25)20-21-11-10-19-15(12-21)13-6-3-4-7-16(13)22/h3-4,6-7,14-15,19-20,22H,2,5,8-12H2,1H3,(H,24,25). The van der Waals surface area contributed by atoms with E-state index in [0.29, 0.717) is 19.4 Å². The predicted molar refractivity (Wildman–Crippen MR) is 94.1 cm³/mol. The summed E-state index contributed by atoms with van der Waals surface area (Å²) >= 11 is 0. The lowest BCUT2D eigenvalue weighted by molar-refractivity contribution is -0.137. The molecule has 7 nitrogen and oxygen atoms in total. The lowest BCUT2D eigenvalue weighted by Gasteiger charge is -2.36. The second-order valence-electron chi connectivity index (χ2n) is 6.32. The van der Waals surface area contributed by atoms with Crippen molar-refractivity contribution in [1.82, 2.24) is 15.8 Å². The molecule has 0 saturated carbocycles. The Morgan fingerprint density at radius 3 is 2.80 bits per heavy atom. The molecule has 2 unspecified atom stereocenters. The quantitative estimate of drug-likeness (QED) is 0.535. The summed E-state index contributed by atoms with van der Waals surface area (Å²) in [5.74, 6) is -0.568. The van der Waals surface area contributed by atoms with E-state index >= 15 is 0 Å². The highest BCUT2D eigenvalue weighted by Crippen LogP contribution is 2.25. The van der Waals surface area contributed by atoms with Gasteiger partial charge in [-0.1, -0.05) is 25.1 Å². The van der Waals surface area contributed by atoms with Crippen LogP contribution in [0.1, 0.15) is 44.2 Å². The molecular formula is C18H27N3O4. The van der Waals surface area contributed by atoms with Gasteiger partial charge in [0.15, 0.2) is 5.78 Å². The van der Waals surface area contributed by atoms with E-state index in [1.807, 2.05) is 24.1 Å². The van der Waals surface area contributed by atoms with E-state index < -0.39 is 5.97 Å². The molecule has 1 aromatic rings. The number of rotatable bonds is 9. The molecule has 0 bridgehead atoms. The number of aliphatic carboxylic acids is 1. The maximum absolute atomic E-state index is 12.3. The molecule has 25 heavy (non-hydrogen) atoms. The van der Waals surface area contributed by atoms with Crippen molar-refractivity contribution in [2.24, 2.45) is 0 Å². The van der Waals surface area contributed by atoms with Crippen LogP contribution in [0.15, 0.2) is 24.3 Å². The monoisotopic (exact) mass is 349 g/mol. The molecule has 138 valence electrons. The summed E-state index contributed by atoms with van der Waals surface area (Å²) < 4.78 is 0. The average molecular weight is 349 g/mol. The molecule has 4 N–H and O–H groups in total. The molecule has 7 heteroatoms. The number of nitrogens with zero attached hydrogens (tertiary/aromatic N) is 1. The Morgan fingerprint density at radius 2 is 2.12 bits per heavy atom. The Morgan fingerprint density at radius 1 is 1.36 bits per heavy atom. The fourth-order valence-corrected chi connectivity index (χ4v) is 3.06. The van der Waals surface area contributed by atoms with Gasteiger partial charge in [-0.15, -0.1) is 0 Å².